The SMILES string of the molecule is C=CCN(CCOC)C(=O)C1(CN)CCCCCC1. The summed E-state index contributed by atoms with van der Waals surface area (Å²) in [5.41, 5.74) is 5.61. The van der Waals surface area contributed by atoms with Crippen LogP contribution in [-0.2, 0) is 9.53 Å². The molecule has 4 heteroatoms. The fraction of sp³-hybridized carbons (Fsp3) is 0.800. The molecule has 2 N–H and O–H groups in total. The van der Waals surface area contributed by atoms with Crippen LogP contribution in [0.2, 0.25) is 0 Å². The Kier molecular flexibility index (Phi) is 7.10. The van der Waals surface area contributed by atoms with Gasteiger partial charge in [0.25, 0.3) is 0 Å². The zero-order valence-electron chi connectivity index (χ0n) is 12.2. The number of nitrogens with zero attached hydrogens (tertiary/aromatic N) is 1. The van der Waals surface area contributed by atoms with Crippen molar-refractivity contribution in [2.24, 2.45) is 11.1 Å². The number of methoxy groups -OCH3 is 1. The molecule has 0 radical (unpaired) electrons. The molecule has 110 valence electrons. The van der Waals surface area contributed by atoms with Gasteiger partial charge in [0.05, 0.1) is 12.0 Å². The first kappa shape index (κ1) is 16.2. The third kappa shape index (κ3) is 4.32. The molecule has 4 nitrogen and oxygen atoms in total. The lowest BCUT2D eigenvalue weighted by Crippen LogP contribution is -2.49. The predicted octanol–water partition coefficient (Wildman–Crippen LogP) is 1.95. The van der Waals surface area contributed by atoms with E-state index in [1.807, 2.05) is 4.90 Å². The molecule has 0 atom stereocenters. The largest absolute Gasteiger partial charge is 0.383 e. The summed E-state index contributed by atoms with van der Waals surface area (Å²) in [5.74, 6) is 0.189. The van der Waals surface area contributed by atoms with E-state index in [-0.39, 0.29) is 11.3 Å². The van der Waals surface area contributed by atoms with Gasteiger partial charge in [-0.1, -0.05) is 31.8 Å². The van der Waals surface area contributed by atoms with E-state index in [0.29, 0.717) is 26.2 Å². The van der Waals surface area contributed by atoms with Gasteiger partial charge in [-0.05, 0) is 12.8 Å². The van der Waals surface area contributed by atoms with E-state index in [0.717, 1.165) is 25.7 Å². The van der Waals surface area contributed by atoms with E-state index in [9.17, 15) is 4.79 Å². The average Bonchev–Trinajstić information content (AvgIpc) is 2.69. The molecule has 1 aliphatic carbocycles. The number of carbonyl (C=O) groups is 1. The Hall–Kier alpha value is -0.870. The fourth-order valence-corrected chi connectivity index (χ4v) is 2.88. The molecule has 0 saturated heterocycles. The lowest BCUT2D eigenvalue weighted by molar-refractivity contribution is -0.142. The molecule has 0 aliphatic heterocycles. The topological polar surface area (TPSA) is 55.6 Å². The number of hydrogen-bond acceptors (Lipinski definition) is 3. The number of amides is 1. The summed E-state index contributed by atoms with van der Waals surface area (Å²) in [5, 5.41) is 0. The summed E-state index contributed by atoms with van der Waals surface area (Å²) in [7, 11) is 1.65. The molecule has 1 rings (SSSR count). The minimum atomic E-state index is -0.354. The molecule has 1 amide bonds. The lowest BCUT2D eigenvalue weighted by atomic mass is 9.79. The van der Waals surface area contributed by atoms with Gasteiger partial charge in [-0.25, -0.2) is 0 Å². The van der Waals surface area contributed by atoms with Crippen LogP contribution >= 0.6 is 0 Å². The summed E-state index contributed by atoms with van der Waals surface area (Å²) < 4.78 is 5.09. The van der Waals surface area contributed by atoms with Gasteiger partial charge in [0.2, 0.25) is 5.91 Å². The van der Waals surface area contributed by atoms with Gasteiger partial charge in [0.1, 0.15) is 0 Å². The van der Waals surface area contributed by atoms with Crippen molar-refractivity contribution in [3.05, 3.63) is 12.7 Å². The van der Waals surface area contributed by atoms with Crippen LogP contribution in [-0.4, -0.2) is 44.2 Å². The van der Waals surface area contributed by atoms with Crippen molar-refractivity contribution >= 4 is 5.91 Å². The quantitative estimate of drug-likeness (QED) is 0.567. The maximum Gasteiger partial charge on any atom is 0.230 e. The Morgan fingerprint density at radius 3 is 2.47 bits per heavy atom. The predicted molar refractivity (Wildman–Crippen MR) is 77.8 cm³/mol. The molecule has 0 aromatic carbocycles. The summed E-state index contributed by atoms with van der Waals surface area (Å²) in [6, 6.07) is 0. The minimum Gasteiger partial charge on any atom is -0.383 e. The van der Waals surface area contributed by atoms with Crippen molar-refractivity contribution in [1.82, 2.24) is 4.90 Å². The Morgan fingerprint density at radius 1 is 1.37 bits per heavy atom. The van der Waals surface area contributed by atoms with E-state index in [2.05, 4.69) is 6.58 Å². The maximum atomic E-state index is 12.8. The summed E-state index contributed by atoms with van der Waals surface area (Å²) >= 11 is 0. The van der Waals surface area contributed by atoms with Crippen LogP contribution in [0.3, 0.4) is 0 Å². The Morgan fingerprint density at radius 2 is 2.00 bits per heavy atom. The van der Waals surface area contributed by atoms with Crippen LogP contribution in [0.25, 0.3) is 0 Å². The van der Waals surface area contributed by atoms with E-state index in [1.165, 1.54) is 12.8 Å². The number of rotatable bonds is 7. The molecular weight excluding hydrogens is 240 g/mol. The molecule has 0 aromatic heterocycles. The van der Waals surface area contributed by atoms with E-state index < -0.39 is 0 Å². The van der Waals surface area contributed by atoms with Gasteiger partial charge in [-0.15, -0.1) is 6.58 Å². The van der Waals surface area contributed by atoms with Gasteiger partial charge in [-0.3, -0.25) is 4.79 Å². The third-order valence-corrected chi connectivity index (χ3v) is 4.11. The van der Waals surface area contributed by atoms with E-state index in [4.69, 9.17) is 10.5 Å². The van der Waals surface area contributed by atoms with Crippen molar-refractivity contribution < 1.29 is 9.53 Å². The van der Waals surface area contributed by atoms with Crippen LogP contribution in [0.4, 0.5) is 0 Å². The molecule has 0 heterocycles. The number of carbonyl (C=O) groups excluding carboxylic acids is 1. The highest BCUT2D eigenvalue weighted by Crippen LogP contribution is 2.36. The number of nitrogens with two attached hydrogens (primary N) is 1. The summed E-state index contributed by atoms with van der Waals surface area (Å²) in [6.07, 6.45) is 8.26. The molecule has 0 bridgehead atoms. The zero-order chi connectivity index (χ0) is 14.1. The first-order chi connectivity index (χ1) is 9.20. The Labute approximate surface area is 117 Å². The van der Waals surface area contributed by atoms with Crippen molar-refractivity contribution in [3.63, 3.8) is 0 Å². The first-order valence-electron chi connectivity index (χ1n) is 7.29. The van der Waals surface area contributed by atoms with Crippen LogP contribution < -0.4 is 5.73 Å². The van der Waals surface area contributed by atoms with Crippen LogP contribution in [0.15, 0.2) is 12.7 Å². The number of hydrogen-bond donors (Lipinski definition) is 1. The molecule has 0 unspecified atom stereocenters. The minimum absolute atomic E-state index is 0.189. The lowest BCUT2D eigenvalue weighted by Gasteiger charge is -2.35. The van der Waals surface area contributed by atoms with Crippen molar-refractivity contribution in [2.45, 2.75) is 38.5 Å². The molecule has 1 fully saturated rings. The van der Waals surface area contributed by atoms with Crippen LogP contribution in [0.1, 0.15) is 38.5 Å². The first-order valence-corrected chi connectivity index (χ1v) is 7.29. The summed E-state index contributed by atoms with van der Waals surface area (Å²) in [6.45, 7) is 5.93. The average molecular weight is 268 g/mol. The van der Waals surface area contributed by atoms with Gasteiger partial charge in [-0.2, -0.15) is 0 Å². The second-order valence-corrected chi connectivity index (χ2v) is 5.43. The van der Waals surface area contributed by atoms with E-state index in [1.54, 1.807) is 13.2 Å². The van der Waals surface area contributed by atoms with Crippen LogP contribution in [0, 0.1) is 5.41 Å². The molecule has 1 aliphatic rings. The molecule has 1 saturated carbocycles. The third-order valence-electron chi connectivity index (χ3n) is 4.11. The molecule has 0 aromatic rings. The Bertz CT molecular complexity index is 284. The normalized spacial score (nSPS) is 18.6. The highest BCUT2D eigenvalue weighted by atomic mass is 16.5. The second-order valence-electron chi connectivity index (χ2n) is 5.43. The second kappa shape index (κ2) is 8.33. The van der Waals surface area contributed by atoms with E-state index >= 15 is 0 Å². The maximum absolute atomic E-state index is 12.8. The van der Waals surface area contributed by atoms with Gasteiger partial charge in [0, 0.05) is 26.7 Å². The monoisotopic (exact) mass is 268 g/mol. The smallest absolute Gasteiger partial charge is 0.230 e. The van der Waals surface area contributed by atoms with Crippen molar-refractivity contribution in [2.75, 3.05) is 33.4 Å². The van der Waals surface area contributed by atoms with Gasteiger partial charge in [0.15, 0.2) is 0 Å². The molecule has 0 spiro atoms. The van der Waals surface area contributed by atoms with Crippen molar-refractivity contribution in [3.8, 4) is 0 Å². The molecular formula is C15H28N2O2. The standard InChI is InChI=1S/C15H28N2O2/c1-3-10-17(11-12-19-2)14(18)15(13-16)8-6-4-5-7-9-15/h3H,1,4-13,16H2,2H3. The molecule has 19 heavy (non-hydrogen) atoms. The highest BCUT2D eigenvalue weighted by Gasteiger charge is 2.39. The van der Waals surface area contributed by atoms with Crippen molar-refractivity contribution in [1.29, 1.82) is 0 Å². The van der Waals surface area contributed by atoms with Crippen LogP contribution in [0.5, 0.6) is 0 Å². The zero-order valence-corrected chi connectivity index (χ0v) is 12.2. The van der Waals surface area contributed by atoms with Gasteiger partial charge >= 0.3 is 0 Å². The fourth-order valence-electron chi connectivity index (χ4n) is 2.88. The summed E-state index contributed by atoms with van der Waals surface area (Å²) in [4.78, 5) is 14.7. The number of ether oxygens (including phenoxy) is 1. The highest BCUT2D eigenvalue weighted by molar-refractivity contribution is 5.83. The van der Waals surface area contributed by atoms with Gasteiger partial charge < -0.3 is 15.4 Å². The Balaban J connectivity index is 2.79.